The van der Waals surface area contributed by atoms with Gasteiger partial charge in [-0.1, -0.05) is 11.6 Å². The van der Waals surface area contributed by atoms with Crippen molar-refractivity contribution in [3.8, 4) is 0 Å². The summed E-state index contributed by atoms with van der Waals surface area (Å²) in [6.07, 6.45) is -5.07. The molecule has 8 nitrogen and oxygen atoms in total. The van der Waals surface area contributed by atoms with Gasteiger partial charge in [0.1, 0.15) is 0 Å². The van der Waals surface area contributed by atoms with E-state index in [0.717, 1.165) is 12.1 Å². The monoisotopic (exact) mass is 526 g/mol. The number of benzene rings is 2. The first-order valence-electron chi connectivity index (χ1n) is 10.8. The van der Waals surface area contributed by atoms with Crippen molar-refractivity contribution in [2.45, 2.75) is 32.5 Å². The van der Waals surface area contributed by atoms with Crippen LogP contribution in [0.3, 0.4) is 0 Å². The second kappa shape index (κ2) is 11.0. The Balaban J connectivity index is 1.55. The smallest absolute Gasteiger partial charge is 0.416 e. The van der Waals surface area contributed by atoms with Gasteiger partial charge in [0, 0.05) is 18.7 Å². The first-order chi connectivity index (χ1) is 16.8. The van der Waals surface area contributed by atoms with E-state index in [1.165, 1.54) is 17.0 Å². The van der Waals surface area contributed by atoms with Crippen LogP contribution in [-0.2, 0) is 30.0 Å². The van der Waals surface area contributed by atoms with Gasteiger partial charge in [-0.2, -0.15) is 13.2 Å². The van der Waals surface area contributed by atoms with Crippen LogP contribution < -0.4 is 10.2 Å². The summed E-state index contributed by atoms with van der Waals surface area (Å²) < 4.78 is 48.7. The molecule has 36 heavy (non-hydrogen) atoms. The molecule has 1 saturated heterocycles. The molecule has 2 aromatic carbocycles. The van der Waals surface area contributed by atoms with E-state index in [2.05, 4.69) is 5.32 Å². The standard InChI is InChI=1S/C24H22ClF3N2O6/c1-13(2)36-23(34)14-3-6-17(7-4-14)30-11-15(9-21(30)32)22(33)35-12-20(31)29-19-10-16(24(26,27)28)5-8-18(19)25/h3-8,10,13,15H,9,11-12H2,1-2H3,(H,29,31)/t15-/m0/s1. The topological polar surface area (TPSA) is 102 Å². The van der Waals surface area contributed by atoms with Crippen LogP contribution in [0.2, 0.25) is 5.02 Å². The molecular weight excluding hydrogens is 505 g/mol. The molecule has 2 aromatic rings. The van der Waals surface area contributed by atoms with Crippen LogP contribution >= 0.6 is 11.6 Å². The molecule has 1 fully saturated rings. The second-order valence-electron chi connectivity index (χ2n) is 8.25. The fourth-order valence-corrected chi connectivity index (χ4v) is 3.58. The lowest BCUT2D eigenvalue weighted by molar-refractivity contribution is -0.151. The zero-order valence-corrected chi connectivity index (χ0v) is 20.0. The number of anilines is 2. The van der Waals surface area contributed by atoms with E-state index in [1.807, 2.05) is 0 Å². The van der Waals surface area contributed by atoms with Gasteiger partial charge in [-0.3, -0.25) is 14.4 Å². The zero-order chi connectivity index (χ0) is 26.6. The number of alkyl halides is 3. The molecule has 1 aliphatic rings. The largest absolute Gasteiger partial charge is 0.459 e. The molecule has 0 radical (unpaired) electrons. The van der Waals surface area contributed by atoms with Gasteiger partial charge in [-0.15, -0.1) is 0 Å². The fourth-order valence-electron chi connectivity index (χ4n) is 3.41. The number of nitrogens with one attached hydrogen (secondary N) is 1. The summed E-state index contributed by atoms with van der Waals surface area (Å²) in [4.78, 5) is 50.3. The minimum absolute atomic E-state index is 0.00543. The molecule has 0 saturated carbocycles. The van der Waals surface area contributed by atoms with E-state index in [1.54, 1.807) is 26.0 Å². The van der Waals surface area contributed by atoms with E-state index in [0.29, 0.717) is 17.3 Å². The maximum Gasteiger partial charge on any atom is 0.416 e. The summed E-state index contributed by atoms with van der Waals surface area (Å²) in [6.45, 7) is 2.66. The van der Waals surface area contributed by atoms with Gasteiger partial charge in [0.25, 0.3) is 5.91 Å². The molecule has 0 unspecified atom stereocenters. The molecule has 192 valence electrons. The average Bonchev–Trinajstić information content (AvgIpc) is 3.19. The fraction of sp³-hybridized carbons (Fsp3) is 0.333. The van der Waals surface area contributed by atoms with E-state index in [9.17, 15) is 32.3 Å². The molecule has 1 atom stereocenters. The normalized spacial score (nSPS) is 15.7. The maximum absolute atomic E-state index is 12.9. The van der Waals surface area contributed by atoms with Gasteiger partial charge < -0.3 is 19.7 Å². The number of rotatable bonds is 7. The highest BCUT2D eigenvalue weighted by molar-refractivity contribution is 6.33. The Labute approximate surface area is 209 Å². The van der Waals surface area contributed by atoms with E-state index < -0.39 is 42.1 Å². The third-order valence-electron chi connectivity index (χ3n) is 5.13. The van der Waals surface area contributed by atoms with Gasteiger partial charge >= 0.3 is 18.1 Å². The number of carbonyl (C=O) groups is 4. The predicted molar refractivity (Wildman–Crippen MR) is 123 cm³/mol. The molecule has 0 aliphatic carbocycles. The van der Waals surface area contributed by atoms with Crippen LogP contribution in [0.25, 0.3) is 0 Å². The number of hydrogen-bond acceptors (Lipinski definition) is 6. The van der Waals surface area contributed by atoms with Crippen LogP contribution in [0.5, 0.6) is 0 Å². The molecule has 1 heterocycles. The van der Waals surface area contributed by atoms with Crippen molar-refractivity contribution in [2.75, 3.05) is 23.4 Å². The minimum atomic E-state index is -4.63. The highest BCUT2D eigenvalue weighted by Crippen LogP contribution is 2.34. The lowest BCUT2D eigenvalue weighted by Gasteiger charge is -2.17. The van der Waals surface area contributed by atoms with Gasteiger partial charge in [-0.05, 0) is 56.3 Å². The predicted octanol–water partition coefficient (Wildman–Crippen LogP) is 4.46. The van der Waals surface area contributed by atoms with Crippen LogP contribution in [0.1, 0.15) is 36.2 Å². The van der Waals surface area contributed by atoms with Crippen molar-refractivity contribution in [1.29, 1.82) is 0 Å². The van der Waals surface area contributed by atoms with Crippen molar-refractivity contribution < 1.29 is 41.8 Å². The number of hydrogen-bond donors (Lipinski definition) is 1. The molecule has 2 amide bonds. The Morgan fingerprint density at radius 3 is 2.42 bits per heavy atom. The first kappa shape index (κ1) is 27.0. The summed E-state index contributed by atoms with van der Waals surface area (Å²) >= 11 is 5.84. The average molecular weight is 527 g/mol. The van der Waals surface area contributed by atoms with E-state index in [4.69, 9.17) is 21.1 Å². The van der Waals surface area contributed by atoms with Gasteiger partial charge in [0.05, 0.1) is 33.9 Å². The van der Waals surface area contributed by atoms with Gasteiger partial charge in [0.15, 0.2) is 6.61 Å². The second-order valence-corrected chi connectivity index (χ2v) is 8.66. The molecule has 1 N–H and O–H groups in total. The van der Waals surface area contributed by atoms with Crippen molar-refractivity contribution in [3.63, 3.8) is 0 Å². The van der Waals surface area contributed by atoms with E-state index >= 15 is 0 Å². The number of esters is 2. The summed E-state index contributed by atoms with van der Waals surface area (Å²) in [6, 6.07) is 8.54. The van der Waals surface area contributed by atoms with Gasteiger partial charge in [0.2, 0.25) is 5.91 Å². The third-order valence-corrected chi connectivity index (χ3v) is 5.46. The minimum Gasteiger partial charge on any atom is -0.459 e. The molecular formula is C24H22ClF3N2O6. The zero-order valence-electron chi connectivity index (χ0n) is 19.2. The maximum atomic E-state index is 12.9. The quantitative estimate of drug-likeness (QED) is 0.535. The number of ether oxygens (including phenoxy) is 2. The number of carbonyl (C=O) groups excluding carboxylic acids is 4. The number of amides is 2. The Hall–Kier alpha value is -3.60. The summed E-state index contributed by atoms with van der Waals surface area (Å²) in [5.74, 6) is -3.42. The highest BCUT2D eigenvalue weighted by Gasteiger charge is 2.36. The summed E-state index contributed by atoms with van der Waals surface area (Å²) in [5.41, 5.74) is -0.514. The molecule has 3 rings (SSSR count). The van der Waals surface area contributed by atoms with E-state index in [-0.39, 0.29) is 35.7 Å². The first-order valence-corrected chi connectivity index (χ1v) is 11.2. The van der Waals surface area contributed by atoms with Crippen LogP contribution in [0, 0.1) is 5.92 Å². The molecule has 1 aliphatic heterocycles. The highest BCUT2D eigenvalue weighted by atomic mass is 35.5. The molecule has 0 aromatic heterocycles. The summed E-state index contributed by atoms with van der Waals surface area (Å²) in [5, 5.41) is 2.05. The Bertz CT molecular complexity index is 1170. The number of halogens is 4. The SMILES string of the molecule is CC(C)OC(=O)c1ccc(N2C[C@@H](C(=O)OCC(=O)Nc3cc(C(F)(F)F)ccc3Cl)CC2=O)cc1. The van der Waals surface area contributed by atoms with Crippen molar-refractivity contribution in [1.82, 2.24) is 0 Å². The Morgan fingerprint density at radius 2 is 1.81 bits per heavy atom. The molecule has 12 heteroatoms. The van der Waals surface area contributed by atoms with Crippen molar-refractivity contribution in [2.24, 2.45) is 5.92 Å². The third kappa shape index (κ3) is 6.75. The van der Waals surface area contributed by atoms with Crippen molar-refractivity contribution in [3.05, 3.63) is 58.6 Å². The Morgan fingerprint density at radius 1 is 1.14 bits per heavy atom. The van der Waals surface area contributed by atoms with Crippen LogP contribution in [0.15, 0.2) is 42.5 Å². The lowest BCUT2D eigenvalue weighted by atomic mass is 10.1. The lowest BCUT2D eigenvalue weighted by Crippen LogP contribution is -2.28. The van der Waals surface area contributed by atoms with Crippen LogP contribution in [-0.4, -0.2) is 43.0 Å². The molecule has 0 bridgehead atoms. The number of nitrogens with zero attached hydrogens (tertiary/aromatic N) is 1. The Kier molecular flexibility index (Phi) is 8.24. The summed E-state index contributed by atoms with van der Waals surface area (Å²) in [7, 11) is 0. The van der Waals surface area contributed by atoms with Crippen LogP contribution in [0.4, 0.5) is 24.5 Å². The molecule has 0 spiro atoms. The van der Waals surface area contributed by atoms with Crippen molar-refractivity contribution >= 4 is 46.7 Å². The van der Waals surface area contributed by atoms with Gasteiger partial charge in [-0.25, -0.2) is 4.79 Å².